The fourth-order valence-corrected chi connectivity index (χ4v) is 4.53. The molecule has 0 saturated heterocycles. The van der Waals surface area contributed by atoms with Gasteiger partial charge in [-0.2, -0.15) is 8.42 Å². The third-order valence-electron chi connectivity index (χ3n) is 3.97. The molecule has 0 spiro atoms. The van der Waals surface area contributed by atoms with Gasteiger partial charge in [0.05, 0.1) is 16.4 Å². The zero-order valence-corrected chi connectivity index (χ0v) is 15.9. The quantitative estimate of drug-likeness (QED) is 0.636. The van der Waals surface area contributed by atoms with Crippen LogP contribution in [0.1, 0.15) is 19.8 Å². The van der Waals surface area contributed by atoms with Crippen molar-refractivity contribution in [3.05, 3.63) is 48.5 Å². The Morgan fingerprint density at radius 2 is 1.35 bits per heavy atom. The van der Waals surface area contributed by atoms with Crippen LogP contribution in [-0.4, -0.2) is 28.3 Å². The summed E-state index contributed by atoms with van der Waals surface area (Å²) >= 11 is 0. The fraction of sp³-hybridized carbons (Fsp3) is 0.333. The van der Waals surface area contributed by atoms with Crippen LogP contribution in [0.3, 0.4) is 0 Å². The summed E-state index contributed by atoms with van der Waals surface area (Å²) in [5, 5.41) is 0. The van der Waals surface area contributed by atoms with E-state index in [0.29, 0.717) is 22.3 Å². The highest BCUT2D eigenvalue weighted by atomic mass is 32.2. The Kier molecular flexibility index (Phi) is 5.24. The number of sulfone groups is 1. The van der Waals surface area contributed by atoms with Crippen LogP contribution in [0.15, 0.2) is 53.4 Å². The van der Waals surface area contributed by atoms with Gasteiger partial charge in [-0.3, -0.25) is 0 Å². The van der Waals surface area contributed by atoms with Gasteiger partial charge in [0.25, 0.3) is 0 Å². The smallest absolute Gasteiger partial charge is 0.308 e. The lowest BCUT2D eigenvalue weighted by atomic mass is 10.3. The van der Waals surface area contributed by atoms with E-state index in [0.717, 1.165) is 12.8 Å². The minimum Gasteiger partial charge on any atom is -0.457 e. The molecule has 0 N–H and O–H groups in total. The standard InChI is InChI=1S/C18H20O6S2/c1-2-26(21,22)24-17-7-5-15(6-8-17)23-16-9-11-18(12-10-16)25(19,20)13-14-3-4-14/h5-12,14H,2-4,13H2,1H3. The van der Waals surface area contributed by atoms with Gasteiger partial charge in [0.1, 0.15) is 17.2 Å². The van der Waals surface area contributed by atoms with Crippen molar-refractivity contribution < 1.29 is 25.8 Å². The molecule has 0 aliphatic heterocycles. The van der Waals surface area contributed by atoms with Gasteiger partial charge in [-0.1, -0.05) is 0 Å². The van der Waals surface area contributed by atoms with E-state index < -0.39 is 20.0 Å². The first-order valence-electron chi connectivity index (χ1n) is 8.30. The van der Waals surface area contributed by atoms with E-state index in [1.165, 1.54) is 19.1 Å². The summed E-state index contributed by atoms with van der Waals surface area (Å²) in [6, 6.07) is 12.4. The molecule has 140 valence electrons. The minimum atomic E-state index is -3.57. The van der Waals surface area contributed by atoms with E-state index >= 15 is 0 Å². The molecule has 0 heterocycles. The van der Waals surface area contributed by atoms with E-state index in [1.54, 1.807) is 36.4 Å². The molecule has 8 heteroatoms. The first-order chi connectivity index (χ1) is 12.3. The second kappa shape index (κ2) is 7.28. The molecule has 1 aliphatic rings. The summed E-state index contributed by atoms with van der Waals surface area (Å²) < 4.78 is 57.8. The van der Waals surface area contributed by atoms with Crippen LogP contribution in [0.2, 0.25) is 0 Å². The van der Waals surface area contributed by atoms with Crippen molar-refractivity contribution in [2.45, 2.75) is 24.7 Å². The molecule has 1 aliphatic carbocycles. The zero-order chi connectivity index (χ0) is 18.8. The molecule has 0 atom stereocenters. The van der Waals surface area contributed by atoms with Crippen LogP contribution in [0.5, 0.6) is 17.2 Å². The van der Waals surface area contributed by atoms with E-state index in [9.17, 15) is 16.8 Å². The first kappa shape index (κ1) is 18.7. The maximum atomic E-state index is 12.2. The number of rotatable bonds is 8. The Hall–Kier alpha value is -2.06. The number of ether oxygens (including phenoxy) is 1. The van der Waals surface area contributed by atoms with Gasteiger partial charge in [-0.05, 0) is 74.2 Å². The Morgan fingerprint density at radius 1 is 0.846 bits per heavy atom. The van der Waals surface area contributed by atoms with Gasteiger partial charge in [0.15, 0.2) is 9.84 Å². The summed E-state index contributed by atoms with van der Waals surface area (Å²) in [5.41, 5.74) is 0. The van der Waals surface area contributed by atoms with Crippen LogP contribution in [0.25, 0.3) is 0 Å². The molecule has 0 bridgehead atoms. The average molecular weight is 396 g/mol. The predicted molar refractivity (Wildman–Crippen MR) is 97.8 cm³/mol. The van der Waals surface area contributed by atoms with Crippen molar-refractivity contribution in [1.82, 2.24) is 0 Å². The Morgan fingerprint density at radius 3 is 1.85 bits per heavy atom. The maximum Gasteiger partial charge on any atom is 0.308 e. The molecule has 2 aromatic carbocycles. The largest absolute Gasteiger partial charge is 0.457 e. The van der Waals surface area contributed by atoms with Crippen LogP contribution in [-0.2, 0) is 20.0 Å². The maximum absolute atomic E-state index is 12.2. The highest BCUT2D eigenvalue weighted by molar-refractivity contribution is 7.91. The summed E-state index contributed by atoms with van der Waals surface area (Å²) in [6.45, 7) is 1.50. The van der Waals surface area contributed by atoms with Gasteiger partial charge < -0.3 is 8.92 Å². The molecule has 2 aromatic rings. The monoisotopic (exact) mass is 396 g/mol. The minimum absolute atomic E-state index is 0.110. The van der Waals surface area contributed by atoms with Crippen molar-refractivity contribution in [2.24, 2.45) is 5.92 Å². The molecule has 0 aromatic heterocycles. The van der Waals surface area contributed by atoms with Crippen LogP contribution >= 0.6 is 0 Å². The zero-order valence-electron chi connectivity index (χ0n) is 14.3. The summed E-state index contributed by atoms with van der Waals surface area (Å²) in [7, 11) is -6.81. The number of benzene rings is 2. The predicted octanol–water partition coefficient (Wildman–Crippen LogP) is 3.39. The lowest BCUT2D eigenvalue weighted by Gasteiger charge is -2.09. The Balaban J connectivity index is 1.65. The van der Waals surface area contributed by atoms with Gasteiger partial charge in [0, 0.05) is 0 Å². The van der Waals surface area contributed by atoms with Gasteiger partial charge in [-0.15, -0.1) is 0 Å². The molecule has 0 radical (unpaired) electrons. The van der Waals surface area contributed by atoms with E-state index in [-0.39, 0.29) is 17.3 Å². The second-order valence-corrected chi connectivity index (χ2v) is 10.1. The first-order valence-corrected chi connectivity index (χ1v) is 11.5. The molecule has 1 saturated carbocycles. The molecule has 26 heavy (non-hydrogen) atoms. The van der Waals surface area contributed by atoms with Crippen LogP contribution < -0.4 is 8.92 Å². The van der Waals surface area contributed by atoms with Crippen molar-refractivity contribution >= 4 is 20.0 Å². The van der Waals surface area contributed by atoms with Crippen molar-refractivity contribution in [3.8, 4) is 17.2 Å². The molecular formula is C18H20O6S2. The average Bonchev–Trinajstić information content (AvgIpc) is 3.40. The normalized spacial score (nSPS) is 14.8. The molecule has 1 fully saturated rings. The molecule has 6 nitrogen and oxygen atoms in total. The Bertz CT molecular complexity index is 957. The highest BCUT2D eigenvalue weighted by Gasteiger charge is 2.28. The Labute approximate surface area is 153 Å². The second-order valence-electron chi connectivity index (χ2n) is 6.20. The fourth-order valence-electron chi connectivity index (χ4n) is 2.31. The number of hydrogen-bond acceptors (Lipinski definition) is 6. The molecule has 0 unspecified atom stereocenters. The third-order valence-corrected chi connectivity index (χ3v) is 7.03. The highest BCUT2D eigenvalue weighted by Crippen LogP contribution is 2.33. The lowest BCUT2D eigenvalue weighted by Crippen LogP contribution is -2.11. The molecule has 0 amide bonds. The van der Waals surface area contributed by atoms with E-state index in [1.807, 2.05) is 0 Å². The van der Waals surface area contributed by atoms with Gasteiger partial charge >= 0.3 is 10.1 Å². The number of hydrogen-bond donors (Lipinski definition) is 0. The van der Waals surface area contributed by atoms with Crippen molar-refractivity contribution in [1.29, 1.82) is 0 Å². The molecular weight excluding hydrogens is 376 g/mol. The SMILES string of the molecule is CCS(=O)(=O)Oc1ccc(Oc2ccc(S(=O)(=O)CC3CC3)cc2)cc1. The van der Waals surface area contributed by atoms with Gasteiger partial charge in [0.2, 0.25) is 0 Å². The summed E-state index contributed by atoms with van der Waals surface area (Å²) in [5.74, 6) is 1.58. The van der Waals surface area contributed by atoms with Crippen molar-refractivity contribution in [2.75, 3.05) is 11.5 Å². The van der Waals surface area contributed by atoms with E-state index in [4.69, 9.17) is 8.92 Å². The van der Waals surface area contributed by atoms with E-state index in [2.05, 4.69) is 0 Å². The third kappa shape index (κ3) is 4.98. The summed E-state index contributed by atoms with van der Waals surface area (Å²) in [6.07, 6.45) is 1.97. The van der Waals surface area contributed by atoms with Gasteiger partial charge in [-0.25, -0.2) is 8.42 Å². The van der Waals surface area contributed by atoms with Crippen LogP contribution in [0, 0.1) is 5.92 Å². The van der Waals surface area contributed by atoms with Crippen LogP contribution in [0.4, 0.5) is 0 Å². The lowest BCUT2D eigenvalue weighted by molar-refractivity contribution is 0.474. The molecule has 3 rings (SSSR count). The van der Waals surface area contributed by atoms with Crippen molar-refractivity contribution in [3.63, 3.8) is 0 Å². The topological polar surface area (TPSA) is 86.7 Å². The summed E-state index contributed by atoms with van der Waals surface area (Å²) in [4.78, 5) is 0.297.